The van der Waals surface area contributed by atoms with Crippen LogP contribution < -0.4 is 9.47 Å². The van der Waals surface area contributed by atoms with Crippen LogP contribution in [0, 0.1) is 11.8 Å². The maximum absolute atomic E-state index is 13.2. The molecule has 1 atom stereocenters. The molecular weight excluding hydrogens is 391 g/mol. The molecule has 4 rings (SSSR count). The molecule has 4 nitrogen and oxygen atoms in total. The van der Waals surface area contributed by atoms with Gasteiger partial charge in [-0.15, -0.1) is 10.2 Å². The van der Waals surface area contributed by atoms with Gasteiger partial charge in [0.2, 0.25) is 0 Å². The molecule has 0 aliphatic heterocycles. The van der Waals surface area contributed by atoms with Crippen LogP contribution >= 0.6 is 0 Å². The summed E-state index contributed by atoms with van der Waals surface area (Å²) in [5.41, 5.74) is 3.25. The first-order chi connectivity index (χ1) is 15.3. The Morgan fingerprint density at radius 1 is 0.871 bits per heavy atom. The third kappa shape index (κ3) is 6.03. The van der Waals surface area contributed by atoms with Crippen LogP contribution in [0.5, 0.6) is 11.6 Å². The van der Waals surface area contributed by atoms with Crippen LogP contribution in [0.15, 0.2) is 90.5 Å². The van der Waals surface area contributed by atoms with Gasteiger partial charge in [-0.2, -0.15) is 0 Å². The van der Waals surface area contributed by atoms with Crippen molar-refractivity contribution in [3.8, 4) is 23.5 Å². The molecule has 31 heavy (non-hydrogen) atoms. The lowest BCUT2D eigenvalue weighted by molar-refractivity contribution is 0.244. The zero-order chi connectivity index (χ0) is 21.3. The van der Waals surface area contributed by atoms with Gasteiger partial charge in [-0.1, -0.05) is 72.7 Å². The molecule has 3 aromatic rings. The average Bonchev–Trinajstić information content (AvgIpc) is 2.83. The molecular formula is C26H21FN2O2. The van der Waals surface area contributed by atoms with Crippen molar-refractivity contribution in [1.82, 2.24) is 10.2 Å². The van der Waals surface area contributed by atoms with Crippen LogP contribution in [0.4, 0.5) is 4.39 Å². The Bertz CT molecular complexity index is 1130. The minimum atomic E-state index is -0.940. The second-order valence-electron chi connectivity index (χ2n) is 6.97. The molecule has 0 radical (unpaired) electrons. The van der Waals surface area contributed by atoms with E-state index in [2.05, 4.69) is 22.0 Å². The number of aromatic nitrogens is 2. The molecule has 154 valence electrons. The molecule has 0 fully saturated rings. The van der Waals surface area contributed by atoms with Gasteiger partial charge < -0.3 is 9.47 Å². The van der Waals surface area contributed by atoms with Gasteiger partial charge in [0, 0.05) is 18.1 Å². The van der Waals surface area contributed by atoms with Gasteiger partial charge in [-0.05, 0) is 29.2 Å². The van der Waals surface area contributed by atoms with Gasteiger partial charge in [-0.3, -0.25) is 0 Å². The average molecular weight is 412 g/mol. The van der Waals surface area contributed by atoms with Crippen LogP contribution in [-0.4, -0.2) is 16.4 Å². The van der Waals surface area contributed by atoms with E-state index in [9.17, 15) is 4.39 Å². The number of hydrogen-bond donors (Lipinski definition) is 0. The first kappa shape index (κ1) is 20.4. The zero-order valence-corrected chi connectivity index (χ0v) is 16.9. The fourth-order valence-electron chi connectivity index (χ4n) is 2.91. The number of rotatable bonds is 6. The highest BCUT2D eigenvalue weighted by Crippen LogP contribution is 2.26. The van der Waals surface area contributed by atoms with Crippen LogP contribution in [-0.2, 0) is 13.2 Å². The summed E-state index contributed by atoms with van der Waals surface area (Å²) in [4.78, 5) is 0. The van der Waals surface area contributed by atoms with Gasteiger partial charge in [0.25, 0.3) is 5.88 Å². The Morgan fingerprint density at radius 2 is 1.55 bits per heavy atom. The van der Waals surface area contributed by atoms with E-state index in [1.54, 1.807) is 18.2 Å². The fraction of sp³-hybridized carbons (Fsp3) is 0.154. The maximum atomic E-state index is 13.2. The van der Waals surface area contributed by atoms with E-state index in [1.165, 1.54) is 6.08 Å². The lowest BCUT2D eigenvalue weighted by atomic mass is 10.1. The Labute approximate surface area is 181 Å². The number of benzene rings is 2. The van der Waals surface area contributed by atoms with Crippen molar-refractivity contribution in [2.45, 2.75) is 25.8 Å². The molecule has 1 aliphatic rings. The standard InChI is InChI=1S/C26H21FN2O2/c27-23-14-11-20(12-15-23)13-16-24-17-25(30-18-21-7-3-1-4-8-21)26(29-28-24)31-19-22-9-5-2-6-10-22/h1-12,14,17,23H,15,18-19H2. The van der Waals surface area contributed by atoms with Crippen LogP contribution in [0.25, 0.3) is 0 Å². The molecule has 1 aliphatic carbocycles. The SMILES string of the molecule is FC1C=CC(C#Cc2cc(OCc3ccccc3)c(OCc3ccccc3)nn2)=CC1. The predicted octanol–water partition coefficient (Wildman–Crippen LogP) is 5.21. The molecule has 2 aromatic carbocycles. The van der Waals surface area contributed by atoms with Crippen molar-refractivity contribution in [2.75, 3.05) is 0 Å². The summed E-state index contributed by atoms with van der Waals surface area (Å²) >= 11 is 0. The Hall–Kier alpha value is -3.91. The van der Waals surface area contributed by atoms with Crippen molar-refractivity contribution in [2.24, 2.45) is 0 Å². The van der Waals surface area contributed by atoms with E-state index >= 15 is 0 Å². The van der Waals surface area contributed by atoms with E-state index in [-0.39, 0.29) is 0 Å². The summed E-state index contributed by atoms with van der Waals surface area (Å²) in [7, 11) is 0. The normalized spacial score (nSPS) is 14.9. The van der Waals surface area contributed by atoms with Crippen molar-refractivity contribution in [3.05, 3.63) is 107 Å². The molecule has 0 bridgehead atoms. The van der Waals surface area contributed by atoms with E-state index in [4.69, 9.17) is 9.47 Å². The molecule has 0 spiro atoms. The highest BCUT2D eigenvalue weighted by Gasteiger charge is 2.11. The Kier molecular flexibility index (Phi) is 6.71. The third-order valence-electron chi connectivity index (χ3n) is 4.57. The molecule has 0 saturated heterocycles. The highest BCUT2D eigenvalue weighted by atomic mass is 19.1. The summed E-state index contributed by atoms with van der Waals surface area (Å²) in [5.74, 6) is 6.74. The lowest BCUT2D eigenvalue weighted by Gasteiger charge is -2.12. The molecule has 0 N–H and O–H groups in total. The van der Waals surface area contributed by atoms with Gasteiger partial charge >= 0.3 is 0 Å². The smallest absolute Gasteiger partial charge is 0.276 e. The topological polar surface area (TPSA) is 44.2 Å². The number of hydrogen-bond acceptors (Lipinski definition) is 4. The van der Waals surface area contributed by atoms with E-state index < -0.39 is 6.17 Å². The van der Waals surface area contributed by atoms with Crippen LogP contribution in [0.1, 0.15) is 23.2 Å². The Morgan fingerprint density at radius 3 is 2.19 bits per heavy atom. The molecule has 0 saturated carbocycles. The molecule has 1 unspecified atom stereocenters. The minimum Gasteiger partial charge on any atom is -0.483 e. The van der Waals surface area contributed by atoms with Gasteiger partial charge in [0.15, 0.2) is 5.75 Å². The molecule has 1 aromatic heterocycles. The number of alkyl halides is 1. The second-order valence-corrected chi connectivity index (χ2v) is 6.97. The minimum absolute atomic E-state index is 0.308. The van der Waals surface area contributed by atoms with E-state index in [1.807, 2.05) is 60.7 Å². The van der Waals surface area contributed by atoms with Crippen molar-refractivity contribution >= 4 is 0 Å². The monoisotopic (exact) mass is 412 g/mol. The van der Waals surface area contributed by atoms with Crippen molar-refractivity contribution in [3.63, 3.8) is 0 Å². The van der Waals surface area contributed by atoms with E-state index in [0.29, 0.717) is 37.0 Å². The largest absolute Gasteiger partial charge is 0.483 e. The first-order valence-corrected chi connectivity index (χ1v) is 10.0. The Balaban J connectivity index is 1.53. The summed E-state index contributed by atoms with van der Waals surface area (Å²) in [6, 6.07) is 21.4. The summed E-state index contributed by atoms with van der Waals surface area (Å²) in [6.07, 6.45) is 4.35. The second kappa shape index (κ2) is 10.2. The fourth-order valence-corrected chi connectivity index (χ4v) is 2.91. The number of halogens is 1. The summed E-state index contributed by atoms with van der Waals surface area (Å²) in [6.45, 7) is 0.719. The lowest BCUT2D eigenvalue weighted by Crippen LogP contribution is -2.04. The summed E-state index contributed by atoms with van der Waals surface area (Å²) in [5, 5.41) is 8.34. The van der Waals surface area contributed by atoms with Crippen LogP contribution in [0.2, 0.25) is 0 Å². The number of nitrogens with zero attached hydrogens (tertiary/aromatic N) is 2. The molecule has 5 heteroatoms. The van der Waals surface area contributed by atoms with Gasteiger partial charge in [-0.25, -0.2) is 4.39 Å². The highest BCUT2D eigenvalue weighted by molar-refractivity contribution is 5.46. The third-order valence-corrected chi connectivity index (χ3v) is 4.57. The van der Waals surface area contributed by atoms with Gasteiger partial charge in [0.05, 0.1) is 0 Å². The summed E-state index contributed by atoms with van der Waals surface area (Å²) < 4.78 is 25.1. The molecule has 0 amide bonds. The molecule has 1 heterocycles. The first-order valence-electron chi connectivity index (χ1n) is 10.0. The van der Waals surface area contributed by atoms with Crippen LogP contribution in [0.3, 0.4) is 0 Å². The predicted molar refractivity (Wildman–Crippen MR) is 117 cm³/mol. The number of ether oxygens (including phenoxy) is 2. The zero-order valence-electron chi connectivity index (χ0n) is 16.9. The van der Waals surface area contributed by atoms with Crippen molar-refractivity contribution in [1.29, 1.82) is 0 Å². The van der Waals surface area contributed by atoms with E-state index in [0.717, 1.165) is 16.7 Å². The van der Waals surface area contributed by atoms with Gasteiger partial charge in [0.1, 0.15) is 25.1 Å². The quantitative estimate of drug-likeness (QED) is 0.522. The van der Waals surface area contributed by atoms with Crippen molar-refractivity contribution < 1.29 is 13.9 Å². The number of allylic oxidation sites excluding steroid dienone is 4. The maximum Gasteiger partial charge on any atom is 0.276 e.